The molecule has 0 unspecified atom stereocenters. The van der Waals surface area contributed by atoms with Gasteiger partial charge in [0.15, 0.2) is 11.7 Å². The highest BCUT2D eigenvalue weighted by molar-refractivity contribution is 9.10. The van der Waals surface area contributed by atoms with Gasteiger partial charge in [0.2, 0.25) is 11.8 Å². The maximum atomic E-state index is 12.6. The molecule has 0 radical (unpaired) electrons. The van der Waals surface area contributed by atoms with Crippen LogP contribution in [0.15, 0.2) is 45.9 Å². The van der Waals surface area contributed by atoms with Gasteiger partial charge in [-0.3, -0.25) is 14.9 Å². The molecule has 0 bridgehead atoms. The van der Waals surface area contributed by atoms with Crippen LogP contribution in [0.25, 0.3) is 0 Å². The molecule has 4 amide bonds. The van der Waals surface area contributed by atoms with Crippen molar-refractivity contribution in [1.82, 2.24) is 15.5 Å². The molecule has 1 aliphatic rings. The van der Waals surface area contributed by atoms with Crippen molar-refractivity contribution in [2.75, 3.05) is 12.0 Å². The number of nitrogens with one attached hydrogen (secondary N) is 1. The second kappa shape index (κ2) is 7.40. The number of carbonyl (C=O) groups excluding carboxylic acids is 3. The Hall–Kier alpha value is -3.14. The van der Waals surface area contributed by atoms with Gasteiger partial charge in [0, 0.05) is 16.8 Å². The molecule has 2 heterocycles. The average Bonchev–Trinajstić information content (AvgIpc) is 2.63. The van der Waals surface area contributed by atoms with Crippen LogP contribution in [0.5, 0.6) is 5.88 Å². The number of methoxy groups -OCH3 is 1. The number of rotatable bonds is 4. The number of urea groups is 1. The van der Waals surface area contributed by atoms with Gasteiger partial charge < -0.3 is 4.74 Å². The largest absolute Gasteiger partial charge is 0.480 e. The summed E-state index contributed by atoms with van der Waals surface area (Å²) in [6.45, 7) is 0. The second-order valence-corrected chi connectivity index (χ2v) is 6.05. The topological polar surface area (TPSA) is 114 Å². The first kappa shape index (κ1) is 17.7. The van der Waals surface area contributed by atoms with E-state index in [1.165, 1.54) is 13.2 Å². The Morgan fingerprint density at radius 3 is 2.50 bits per heavy atom. The summed E-state index contributed by atoms with van der Waals surface area (Å²) in [6.07, 6.45) is 1.13. The smallest absolute Gasteiger partial charge is 0.335 e. The zero-order chi connectivity index (χ0) is 18.7. The zero-order valence-corrected chi connectivity index (χ0v) is 15.0. The van der Waals surface area contributed by atoms with Gasteiger partial charge in [-0.25, -0.2) is 14.7 Å². The van der Waals surface area contributed by atoms with E-state index in [1.54, 1.807) is 30.3 Å². The number of anilines is 1. The van der Waals surface area contributed by atoms with Gasteiger partial charge in [-0.1, -0.05) is 15.9 Å². The van der Waals surface area contributed by atoms with Crippen molar-refractivity contribution in [2.24, 2.45) is 10.9 Å². The molecule has 1 N–H and O–H groups in total. The van der Waals surface area contributed by atoms with Crippen molar-refractivity contribution >= 4 is 51.5 Å². The summed E-state index contributed by atoms with van der Waals surface area (Å²) in [6, 6.07) is 8.79. The number of hydrogen-bond acceptors (Lipinski definition) is 7. The minimum atomic E-state index is -1.26. The molecule has 1 fully saturated rings. The predicted molar refractivity (Wildman–Crippen MR) is 95.4 cm³/mol. The summed E-state index contributed by atoms with van der Waals surface area (Å²) in [5.74, 6) is -2.22. The molecule has 1 saturated heterocycles. The molecule has 0 saturated carbocycles. The molecule has 0 spiro atoms. The zero-order valence-electron chi connectivity index (χ0n) is 13.4. The molecule has 1 atom stereocenters. The van der Waals surface area contributed by atoms with Crippen LogP contribution in [0.4, 0.5) is 16.3 Å². The molecule has 2 aromatic rings. The van der Waals surface area contributed by atoms with Crippen LogP contribution in [0.3, 0.4) is 0 Å². The lowest BCUT2D eigenvalue weighted by molar-refractivity contribution is -0.131. The number of halogens is 1. The first-order valence-corrected chi connectivity index (χ1v) is 8.15. The average molecular weight is 418 g/mol. The highest BCUT2D eigenvalue weighted by atomic mass is 79.9. The van der Waals surface area contributed by atoms with Gasteiger partial charge in [-0.05, 0) is 30.3 Å². The highest BCUT2D eigenvalue weighted by Gasteiger charge is 2.40. The van der Waals surface area contributed by atoms with Gasteiger partial charge in [0.25, 0.3) is 5.91 Å². The number of imide groups is 2. The quantitative estimate of drug-likeness (QED) is 0.599. The van der Waals surface area contributed by atoms with Crippen molar-refractivity contribution in [2.45, 2.75) is 0 Å². The fraction of sp³-hybridized carbons (Fsp3) is 0.125. The minimum Gasteiger partial charge on any atom is -0.480 e. The molecule has 1 aromatic carbocycles. The Labute approximate surface area is 156 Å². The summed E-state index contributed by atoms with van der Waals surface area (Å²) >= 11 is 3.28. The van der Waals surface area contributed by atoms with Crippen molar-refractivity contribution in [3.63, 3.8) is 0 Å². The van der Waals surface area contributed by atoms with Crippen LogP contribution in [-0.4, -0.2) is 41.4 Å². The van der Waals surface area contributed by atoms with Crippen LogP contribution >= 0.6 is 15.9 Å². The highest BCUT2D eigenvalue weighted by Crippen LogP contribution is 2.22. The van der Waals surface area contributed by atoms with E-state index in [0.717, 1.165) is 15.6 Å². The van der Waals surface area contributed by atoms with Gasteiger partial charge >= 0.3 is 6.03 Å². The molecule has 1 aliphatic heterocycles. The molecule has 0 aliphatic carbocycles. The molecule has 1 aromatic heterocycles. The lowest BCUT2D eigenvalue weighted by Crippen LogP contribution is -2.58. The summed E-state index contributed by atoms with van der Waals surface area (Å²) in [7, 11) is 1.45. The van der Waals surface area contributed by atoms with E-state index in [9.17, 15) is 14.4 Å². The minimum absolute atomic E-state index is 0.193. The number of aliphatic imine (C=N–C) groups is 1. The SMILES string of the molecule is COc1ccc(N=C[C@H]2C(=O)NC(=O)N(c3ccc(Br)cc3)C2=O)nn1. The first-order chi connectivity index (χ1) is 12.5. The van der Waals surface area contributed by atoms with E-state index < -0.39 is 23.8 Å². The number of hydrogen-bond donors (Lipinski definition) is 1. The van der Waals surface area contributed by atoms with E-state index in [1.807, 2.05) is 0 Å². The molecule has 132 valence electrons. The number of benzene rings is 1. The first-order valence-electron chi connectivity index (χ1n) is 7.36. The summed E-state index contributed by atoms with van der Waals surface area (Å²) < 4.78 is 5.68. The predicted octanol–water partition coefficient (Wildman–Crippen LogP) is 1.85. The lowest BCUT2D eigenvalue weighted by Gasteiger charge is -2.28. The van der Waals surface area contributed by atoms with E-state index in [0.29, 0.717) is 11.6 Å². The van der Waals surface area contributed by atoms with Gasteiger partial charge in [-0.15, -0.1) is 10.2 Å². The Bertz CT molecular complexity index is 883. The van der Waals surface area contributed by atoms with Crippen molar-refractivity contribution in [1.29, 1.82) is 0 Å². The van der Waals surface area contributed by atoms with Crippen molar-refractivity contribution in [3.8, 4) is 5.88 Å². The van der Waals surface area contributed by atoms with Gasteiger partial charge in [-0.2, -0.15) is 0 Å². The standard InChI is InChI=1S/C16H12BrN5O4/c1-26-13-7-6-12(20-21-13)18-8-11-14(23)19-16(25)22(15(11)24)10-4-2-9(17)3-5-10/h2-8,11H,1H3,(H,19,23,25)/t11-/m0/s1. The molecule has 9 nitrogen and oxygen atoms in total. The van der Waals surface area contributed by atoms with Crippen LogP contribution in [0, 0.1) is 5.92 Å². The molecule has 26 heavy (non-hydrogen) atoms. The van der Waals surface area contributed by atoms with Crippen LogP contribution in [0.2, 0.25) is 0 Å². The van der Waals surface area contributed by atoms with Gasteiger partial charge in [0.05, 0.1) is 12.8 Å². The summed E-state index contributed by atoms with van der Waals surface area (Å²) in [5, 5.41) is 9.67. The molecule has 3 rings (SSSR count). The van der Waals surface area contributed by atoms with Crippen molar-refractivity contribution in [3.05, 3.63) is 40.9 Å². The number of aromatic nitrogens is 2. The molecular weight excluding hydrogens is 406 g/mol. The fourth-order valence-electron chi connectivity index (χ4n) is 2.20. The summed E-state index contributed by atoms with van der Waals surface area (Å²) in [5.41, 5.74) is 0.339. The number of ether oxygens (including phenoxy) is 1. The normalized spacial score (nSPS) is 17.5. The Kier molecular flexibility index (Phi) is 5.03. The van der Waals surface area contributed by atoms with Crippen molar-refractivity contribution < 1.29 is 19.1 Å². The second-order valence-electron chi connectivity index (χ2n) is 5.13. The van der Waals surface area contributed by atoms with E-state index in [2.05, 4.69) is 36.4 Å². The summed E-state index contributed by atoms with van der Waals surface area (Å²) in [4.78, 5) is 41.6. The fourth-order valence-corrected chi connectivity index (χ4v) is 2.46. The Morgan fingerprint density at radius 2 is 1.88 bits per heavy atom. The van der Waals surface area contributed by atoms with Crippen LogP contribution in [0.1, 0.15) is 0 Å². The van der Waals surface area contributed by atoms with Gasteiger partial charge in [0.1, 0.15) is 0 Å². The number of amides is 4. The Balaban J connectivity index is 1.84. The monoisotopic (exact) mass is 417 g/mol. The van der Waals surface area contributed by atoms with E-state index in [-0.39, 0.29) is 5.82 Å². The molecule has 10 heteroatoms. The third kappa shape index (κ3) is 3.59. The maximum Gasteiger partial charge on any atom is 0.335 e. The van der Waals surface area contributed by atoms with E-state index >= 15 is 0 Å². The van der Waals surface area contributed by atoms with Crippen LogP contribution < -0.4 is 15.0 Å². The maximum absolute atomic E-state index is 12.6. The number of nitrogens with zero attached hydrogens (tertiary/aromatic N) is 4. The molecular formula is C16H12BrN5O4. The third-order valence-electron chi connectivity index (χ3n) is 3.48. The third-order valence-corrected chi connectivity index (χ3v) is 4.01. The van der Waals surface area contributed by atoms with E-state index in [4.69, 9.17) is 4.74 Å². The Morgan fingerprint density at radius 1 is 1.15 bits per heavy atom. The number of carbonyl (C=O) groups is 3. The number of barbiturate groups is 1. The lowest BCUT2D eigenvalue weighted by atomic mass is 10.1. The van der Waals surface area contributed by atoms with Crippen LogP contribution in [-0.2, 0) is 9.59 Å².